The van der Waals surface area contributed by atoms with Crippen molar-refractivity contribution in [3.8, 4) is 0 Å². The zero-order chi connectivity index (χ0) is 15.5. The fourth-order valence-electron chi connectivity index (χ4n) is 3.06. The second kappa shape index (κ2) is 6.76. The average Bonchev–Trinajstić information content (AvgIpc) is 2.57. The molecule has 3 heteroatoms. The Morgan fingerprint density at radius 3 is 2.50 bits per heavy atom. The minimum absolute atomic E-state index is 0.521. The van der Waals surface area contributed by atoms with Crippen molar-refractivity contribution >= 4 is 23.1 Å². The van der Waals surface area contributed by atoms with Crippen molar-refractivity contribution < 1.29 is 0 Å². The Bertz CT molecular complexity index is 650. The summed E-state index contributed by atoms with van der Waals surface area (Å²) >= 11 is 1.87. The SMILES string of the molecule is CCN(CC)CC(C)c1cccc2c1Nc1ccccc1S2. The van der Waals surface area contributed by atoms with Gasteiger partial charge in [0.1, 0.15) is 0 Å². The molecule has 1 heterocycles. The minimum atomic E-state index is 0.521. The Labute approximate surface area is 137 Å². The Hall–Kier alpha value is -1.45. The van der Waals surface area contributed by atoms with Crippen LogP contribution in [0.15, 0.2) is 52.3 Å². The van der Waals surface area contributed by atoms with E-state index in [1.807, 2.05) is 11.8 Å². The molecule has 1 unspecified atom stereocenters. The highest BCUT2D eigenvalue weighted by molar-refractivity contribution is 7.99. The Morgan fingerprint density at radius 1 is 1.00 bits per heavy atom. The van der Waals surface area contributed by atoms with Crippen molar-refractivity contribution in [2.45, 2.75) is 36.5 Å². The van der Waals surface area contributed by atoms with Crippen LogP contribution in [0.5, 0.6) is 0 Å². The number of hydrogen-bond donors (Lipinski definition) is 1. The molecule has 1 atom stereocenters. The van der Waals surface area contributed by atoms with Crippen LogP contribution in [-0.4, -0.2) is 24.5 Å². The van der Waals surface area contributed by atoms with E-state index in [4.69, 9.17) is 0 Å². The molecule has 0 spiro atoms. The van der Waals surface area contributed by atoms with Crippen molar-refractivity contribution in [3.05, 3.63) is 48.0 Å². The molecule has 0 saturated heterocycles. The van der Waals surface area contributed by atoms with Crippen LogP contribution in [0.2, 0.25) is 0 Å². The van der Waals surface area contributed by atoms with Crippen LogP contribution in [0.4, 0.5) is 11.4 Å². The van der Waals surface area contributed by atoms with Crippen molar-refractivity contribution in [1.29, 1.82) is 0 Å². The second-order valence-corrected chi connectivity index (χ2v) is 6.91. The molecule has 0 radical (unpaired) electrons. The van der Waals surface area contributed by atoms with Crippen LogP contribution in [-0.2, 0) is 0 Å². The van der Waals surface area contributed by atoms with E-state index in [9.17, 15) is 0 Å². The highest BCUT2D eigenvalue weighted by Crippen LogP contribution is 2.46. The monoisotopic (exact) mass is 312 g/mol. The van der Waals surface area contributed by atoms with Gasteiger partial charge in [-0.15, -0.1) is 0 Å². The number of nitrogens with zero attached hydrogens (tertiary/aromatic N) is 1. The lowest BCUT2D eigenvalue weighted by molar-refractivity contribution is 0.288. The number of anilines is 2. The maximum Gasteiger partial charge on any atom is 0.0562 e. The normalized spacial score (nSPS) is 14.2. The fraction of sp³-hybridized carbons (Fsp3) is 0.368. The zero-order valence-electron chi connectivity index (χ0n) is 13.6. The van der Waals surface area contributed by atoms with Crippen molar-refractivity contribution in [1.82, 2.24) is 4.90 Å². The molecule has 3 rings (SSSR count). The summed E-state index contributed by atoms with van der Waals surface area (Å²) in [5.41, 5.74) is 3.94. The molecule has 22 heavy (non-hydrogen) atoms. The first-order valence-corrected chi connectivity index (χ1v) is 8.93. The molecule has 2 nitrogen and oxygen atoms in total. The number of fused-ring (bicyclic) bond motifs is 2. The summed E-state index contributed by atoms with van der Waals surface area (Å²) in [6, 6.07) is 15.2. The van der Waals surface area contributed by atoms with Gasteiger partial charge in [-0.3, -0.25) is 0 Å². The molecule has 0 saturated carbocycles. The van der Waals surface area contributed by atoms with E-state index < -0.39 is 0 Å². The third-order valence-corrected chi connectivity index (χ3v) is 5.52. The topological polar surface area (TPSA) is 15.3 Å². The Morgan fingerprint density at radius 2 is 1.73 bits per heavy atom. The molecule has 0 amide bonds. The predicted molar refractivity (Wildman–Crippen MR) is 96.5 cm³/mol. The molecule has 1 aliphatic rings. The summed E-state index contributed by atoms with van der Waals surface area (Å²) in [5, 5.41) is 3.66. The Kier molecular flexibility index (Phi) is 4.74. The number of rotatable bonds is 5. The summed E-state index contributed by atoms with van der Waals surface area (Å²) in [4.78, 5) is 5.14. The molecule has 2 aromatic rings. The van der Waals surface area contributed by atoms with Gasteiger partial charge in [0.2, 0.25) is 0 Å². The van der Waals surface area contributed by atoms with E-state index in [-0.39, 0.29) is 0 Å². The lowest BCUT2D eigenvalue weighted by atomic mass is 9.98. The summed E-state index contributed by atoms with van der Waals surface area (Å²) < 4.78 is 0. The summed E-state index contributed by atoms with van der Waals surface area (Å²) in [6.45, 7) is 10.1. The number of nitrogens with one attached hydrogen (secondary N) is 1. The van der Waals surface area contributed by atoms with Gasteiger partial charge in [-0.25, -0.2) is 0 Å². The molecule has 2 aromatic carbocycles. The average molecular weight is 312 g/mol. The van der Waals surface area contributed by atoms with Gasteiger partial charge in [-0.05, 0) is 42.8 Å². The van der Waals surface area contributed by atoms with E-state index >= 15 is 0 Å². The molecular weight excluding hydrogens is 288 g/mol. The first kappa shape index (κ1) is 15.4. The highest BCUT2D eigenvalue weighted by Gasteiger charge is 2.21. The molecule has 0 bridgehead atoms. The minimum Gasteiger partial charge on any atom is -0.353 e. The second-order valence-electron chi connectivity index (χ2n) is 5.83. The van der Waals surface area contributed by atoms with Crippen LogP contribution >= 0.6 is 11.8 Å². The molecule has 1 aliphatic heterocycles. The van der Waals surface area contributed by atoms with E-state index in [1.54, 1.807) is 0 Å². The van der Waals surface area contributed by atoms with E-state index in [2.05, 4.69) is 73.5 Å². The van der Waals surface area contributed by atoms with Crippen LogP contribution in [0.25, 0.3) is 0 Å². The third kappa shape index (κ3) is 3.01. The lowest BCUT2D eigenvalue weighted by Crippen LogP contribution is -2.27. The summed E-state index contributed by atoms with van der Waals surface area (Å²) in [5.74, 6) is 0.521. The largest absolute Gasteiger partial charge is 0.353 e. The van der Waals surface area contributed by atoms with Crippen LogP contribution in [0.3, 0.4) is 0 Å². The van der Waals surface area contributed by atoms with E-state index in [1.165, 1.54) is 26.7 Å². The van der Waals surface area contributed by atoms with Gasteiger partial charge in [-0.1, -0.05) is 56.8 Å². The van der Waals surface area contributed by atoms with Gasteiger partial charge >= 0.3 is 0 Å². The van der Waals surface area contributed by atoms with Crippen molar-refractivity contribution in [2.24, 2.45) is 0 Å². The molecule has 116 valence electrons. The standard InChI is InChI=1S/C19H24N2S/c1-4-21(5-2)13-14(3)15-9-8-12-18-19(15)20-16-10-6-7-11-17(16)22-18/h6-12,14,20H,4-5,13H2,1-3H3. The van der Waals surface area contributed by atoms with Gasteiger partial charge in [0.25, 0.3) is 0 Å². The fourth-order valence-corrected chi connectivity index (χ4v) is 4.09. The van der Waals surface area contributed by atoms with Crippen molar-refractivity contribution in [3.63, 3.8) is 0 Å². The van der Waals surface area contributed by atoms with E-state index in [0.29, 0.717) is 5.92 Å². The van der Waals surface area contributed by atoms with E-state index in [0.717, 1.165) is 19.6 Å². The molecule has 0 fully saturated rings. The smallest absolute Gasteiger partial charge is 0.0562 e. The summed E-state index contributed by atoms with van der Waals surface area (Å²) in [6.07, 6.45) is 0. The number of benzene rings is 2. The van der Waals surface area contributed by atoms with Crippen LogP contribution < -0.4 is 5.32 Å². The third-order valence-electron chi connectivity index (χ3n) is 4.38. The zero-order valence-corrected chi connectivity index (χ0v) is 14.4. The number of hydrogen-bond acceptors (Lipinski definition) is 3. The Balaban J connectivity index is 1.89. The van der Waals surface area contributed by atoms with Crippen molar-refractivity contribution in [2.75, 3.05) is 25.0 Å². The quantitative estimate of drug-likeness (QED) is 0.684. The molecular formula is C19H24N2S. The maximum atomic E-state index is 3.66. The van der Waals surface area contributed by atoms with Gasteiger partial charge in [0.05, 0.1) is 11.4 Å². The van der Waals surface area contributed by atoms with Gasteiger partial charge in [0.15, 0.2) is 0 Å². The summed E-state index contributed by atoms with van der Waals surface area (Å²) in [7, 11) is 0. The van der Waals surface area contributed by atoms with Gasteiger partial charge in [-0.2, -0.15) is 0 Å². The van der Waals surface area contributed by atoms with Crippen LogP contribution in [0, 0.1) is 0 Å². The van der Waals surface area contributed by atoms with Crippen LogP contribution in [0.1, 0.15) is 32.3 Å². The molecule has 0 aliphatic carbocycles. The van der Waals surface area contributed by atoms with Gasteiger partial charge in [0, 0.05) is 16.3 Å². The first-order valence-electron chi connectivity index (χ1n) is 8.12. The van der Waals surface area contributed by atoms with Gasteiger partial charge < -0.3 is 10.2 Å². The molecule has 1 N–H and O–H groups in total. The molecule has 0 aromatic heterocycles. The highest BCUT2D eigenvalue weighted by atomic mass is 32.2. The lowest BCUT2D eigenvalue weighted by Gasteiger charge is -2.28. The maximum absolute atomic E-state index is 3.66. The predicted octanol–water partition coefficient (Wildman–Crippen LogP) is 5.34. The number of likely N-dealkylation sites (N-methyl/N-ethyl adjacent to an activating group) is 1. The first-order chi connectivity index (χ1) is 10.7. The number of para-hydroxylation sites is 2.